The normalized spacial score (nSPS) is 11.3. The molecule has 0 heterocycles. The van der Waals surface area contributed by atoms with Crippen molar-refractivity contribution in [3.05, 3.63) is 0 Å². The summed E-state index contributed by atoms with van der Waals surface area (Å²) in [4.78, 5) is 35.8. The third-order valence-corrected chi connectivity index (χ3v) is 2.34. The summed E-state index contributed by atoms with van der Waals surface area (Å²) in [6.45, 7) is 3.78. The summed E-state index contributed by atoms with van der Waals surface area (Å²) in [5.41, 5.74) is 5.17. The van der Waals surface area contributed by atoms with Crippen LogP contribution in [-0.2, 0) is 14.4 Å². The molecule has 102 valence electrons. The van der Waals surface area contributed by atoms with Crippen molar-refractivity contribution in [2.24, 2.45) is 5.73 Å². The lowest BCUT2D eigenvalue weighted by atomic mass is 10.3. The first-order valence-electron chi connectivity index (χ1n) is 5.41. The fourth-order valence-electron chi connectivity index (χ4n) is 1.06. The molecule has 4 N–H and O–H groups in total. The van der Waals surface area contributed by atoms with Crippen LogP contribution in [0.25, 0.3) is 0 Å². The van der Waals surface area contributed by atoms with Gasteiger partial charge in [-0.05, 0) is 13.8 Å². The van der Waals surface area contributed by atoms with E-state index in [2.05, 4.69) is 22.9 Å². The lowest BCUT2D eigenvalue weighted by molar-refractivity contribution is -0.141. The van der Waals surface area contributed by atoms with E-state index >= 15 is 0 Å². The number of carbonyl (C=O) groups excluding carboxylic acids is 3. The number of thiocarbonyl (C=S) groups is 1. The smallest absolute Gasteiger partial charge is 0.309 e. The van der Waals surface area contributed by atoms with Crippen LogP contribution in [0, 0.1) is 0 Å². The topological polar surface area (TPSA) is 105 Å². The van der Waals surface area contributed by atoms with Gasteiger partial charge in [-0.1, -0.05) is 12.2 Å². The number of nitrogens with one attached hydrogen (secondary N) is 2. The highest BCUT2D eigenvalue weighted by molar-refractivity contribution is 7.80. The van der Waals surface area contributed by atoms with Crippen molar-refractivity contribution in [3.63, 3.8) is 0 Å². The van der Waals surface area contributed by atoms with Crippen molar-refractivity contribution in [2.75, 3.05) is 20.1 Å². The molecule has 0 rings (SSSR count). The number of hydrogen-bond acceptors (Lipinski definition) is 4. The monoisotopic (exact) mass is 274 g/mol. The molecule has 7 nitrogen and oxygen atoms in total. The summed E-state index contributed by atoms with van der Waals surface area (Å²) < 4.78 is 0. The molecular weight excluding hydrogens is 256 g/mol. The quantitative estimate of drug-likeness (QED) is 0.412. The van der Waals surface area contributed by atoms with Crippen LogP contribution in [-0.4, -0.2) is 53.8 Å². The van der Waals surface area contributed by atoms with Crippen molar-refractivity contribution in [3.8, 4) is 0 Å². The van der Waals surface area contributed by atoms with E-state index in [4.69, 9.17) is 5.73 Å². The van der Waals surface area contributed by atoms with E-state index in [1.807, 2.05) is 0 Å². The van der Waals surface area contributed by atoms with Crippen LogP contribution in [0.3, 0.4) is 0 Å². The maximum absolute atomic E-state index is 11.6. The summed E-state index contributed by atoms with van der Waals surface area (Å²) in [7, 11) is 1.61. The van der Waals surface area contributed by atoms with Gasteiger partial charge in [0.05, 0.1) is 11.5 Å². The van der Waals surface area contributed by atoms with Crippen LogP contribution < -0.4 is 16.4 Å². The fraction of sp³-hybridized carbons (Fsp3) is 0.600. The average Bonchev–Trinajstić information content (AvgIpc) is 2.33. The highest BCUT2D eigenvalue weighted by atomic mass is 32.1. The zero-order valence-corrected chi connectivity index (χ0v) is 11.5. The van der Waals surface area contributed by atoms with Gasteiger partial charge in [0.1, 0.15) is 6.04 Å². The Kier molecular flexibility index (Phi) is 6.88. The molecule has 0 aliphatic rings. The SMILES string of the molecule is CCN(C)C(=O)C(C)NC(=O)C(=O)NCC(N)=S. The lowest BCUT2D eigenvalue weighted by Gasteiger charge is -2.20. The molecular formula is C10H18N4O3S. The fourth-order valence-corrected chi connectivity index (χ4v) is 1.13. The highest BCUT2D eigenvalue weighted by Crippen LogP contribution is 1.91. The minimum Gasteiger partial charge on any atom is -0.392 e. The van der Waals surface area contributed by atoms with Gasteiger partial charge < -0.3 is 21.3 Å². The zero-order valence-electron chi connectivity index (χ0n) is 10.6. The second-order valence-electron chi connectivity index (χ2n) is 3.70. The van der Waals surface area contributed by atoms with Crippen molar-refractivity contribution >= 4 is 34.9 Å². The Bertz CT molecular complexity index is 359. The molecule has 0 fully saturated rings. The number of amides is 3. The largest absolute Gasteiger partial charge is 0.392 e. The molecule has 0 saturated heterocycles. The van der Waals surface area contributed by atoms with Crippen molar-refractivity contribution in [1.29, 1.82) is 0 Å². The Morgan fingerprint density at radius 3 is 2.33 bits per heavy atom. The highest BCUT2D eigenvalue weighted by Gasteiger charge is 2.21. The molecule has 0 spiro atoms. The second kappa shape index (κ2) is 7.59. The van der Waals surface area contributed by atoms with E-state index in [1.165, 1.54) is 11.8 Å². The standard InChI is InChI=1S/C10H18N4O3S/c1-4-14(3)10(17)6(2)13-9(16)8(15)12-5-7(11)18/h6H,4-5H2,1-3H3,(H2,11,18)(H,12,15)(H,13,16). The van der Waals surface area contributed by atoms with E-state index in [1.54, 1.807) is 14.0 Å². The van der Waals surface area contributed by atoms with Crippen LogP contribution in [0.5, 0.6) is 0 Å². The molecule has 0 aromatic carbocycles. The van der Waals surface area contributed by atoms with E-state index in [0.717, 1.165) is 0 Å². The summed E-state index contributed by atoms with van der Waals surface area (Å²) in [6, 6.07) is -0.766. The molecule has 8 heteroatoms. The van der Waals surface area contributed by atoms with Gasteiger partial charge in [0.2, 0.25) is 5.91 Å². The van der Waals surface area contributed by atoms with Crippen molar-refractivity contribution < 1.29 is 14.4 Å². The first-order chi connectivity index (χ1) is 8.29. The molecule has 0 aromatic rings. The van der Waals surface area contributed by atoms with Gasteiger partial charge in [0, 0.05) is 13.6 Å². The maximum atomic E-state index is 11.6. The maximum Gasteiger partial charge on any atom is 0.309 e. The van der Waals surface area contributed by atoms with Crippen LogP contribution in [0.1, 0.15) is 13.8 Å². The molecule has 0 saturated carbocycles. The van der Waals surface area contributed by atoms with Crippen molar-refractivity contribution in [2.45, 2.75) is 19.9 Å². The first-order valence-corrected chi connectivity index (χ1v) is 5.82. The Morgan fingerprint density at radius 1 is 1.33 bits per heavy atom. The van der Waals surface area contributed by atoms with Crippen LogP contribution >= 0.6 is 12.2 Å². The Hall–Kier alpha value is -1.70. The third kappa shape index (κ3) is 5.58. The van der Waals surface area contributed by atoms with E-state index in [9.17, 15) is 14.4 Å². The molecule has 0 aliphatic heterocycles. The summed E-state index contributed by atoms with van der Waals surface area (Å²) >= 11 is 4.55. The van der Waals surface area contributed by atoms with Gasteiger partial charge in [-0.25, -0.2) is 0 Å². The predicted molar refractivity (Wildman–Crippen MR) is 70.7 cm³/mol. The summed E-state index contributed by atoms with van der Waals surface area (Å²) in [5, 5.41) is 4.52. The second-order valence-corrected chi connectivity index (χ2v) is 4.22. The van der Waals surface area contributed by atoms with Gasteiger partial charge in [0.15, 0.2) is 0 Å². The van der Waals surface area contributed by atoms with Gasteiger partial charge in [-0.15, -0.1) is 0 Å². The van der Waals surface area contributed by atoms with Crippen LogP contribution in [0.4, 0.5) is 0 Å². The van der Waals surface area contributed by atoms with Gasteiger partial charge in [0.25, 0.3) is 0 Å². The lowest BCUT2D eigenvalue weighted by Crippen LogP contribution is -2.50. The minimum atomic E-state index is -0.892. The molecule has 1 atom stereocenters. The molecule has 18 heavy (non-hydrogen) atoms. The van der Waals surface area contributed by atoms with E-state index in [-0.39, 0.29) is 17.4 Å². The molecule has 0 bridgehead atoms. The zero-order chi connectivity index (χ0) is 14.3. The summed E-state index contributed by atoms with van der Waals surface area (Å²) in [5.74, 6) is -2.04. The van der Waals surface area contributed by atoms with Crippen LogP contribution in [0.15, 0.2) is 0 Å². The van der Waals surface area contributed by atoms with Gasteiger partial charge in [-0.2, -0.15) is 0 Å². The predicted octanol–water partition coefficient (Wildman–Crippen LogP) is -1.63. The van der Waals surface area contributed by atoms with E-state index < -0.39 is 17.9 Å². The number of nitrogens with zero attached hydrogens (tertiary/aromatic N) is 1. The minimum absolute atomic E-state index is 0.0568. The molecule has 0 aliphatic carbocycles. The molecule has 0 radical (unpaired) electrons. The van der Waals surface area contributed by atoms with Crippen molar-refractivity contribution in [1.82, 2.24) is 15.5 Å². The number of likely N-dealkylation sites (N-methyl/N-ethyl adjacent to an activating group) is 1. The number of nitrogens with two attached hydrogens (primary N) is 1. The number of rotatable bonds is 5. The number of carbonyl (C=O) groups is 3. The average molecular weight is 274 g/mol. The Balaban J connectivity index is 4.26. The van der Waals surface area contributed by atoms with Gasteiger partial charge in [-0.3, -0.25) is 14.4 Å². The Labute approximate surface area is 111 Å². The molecule has 0 aromatic heterocycles. The van der Waals surface area contributed by atoms with Gasteiger partial charge >= 0.3 is 11.8 Å². The first kappa shape index (κ1) is 16.3. The van der Waals surface area contributed by atoms with Crippen LogP contribution in [0.2, 0.25) is 0 Å². The Morgan fingerprint density at radius 2 is 1.89 bits per heavy atom. The third-order valence-electron chi connectivity index (χ3n) is 2.20. The molecule has 1 unspecified atom stereocenters. The molecule has 3 amide bonds. The summed E-state index contributed by atoms with van der Waals surface area (Å²) in [6.07, 6.45) is 0. The van der Waals surface area contributed by atoms with E-state index in [0.29, 0.717) is 6.54 Å². The number of hydrogen-bond donors (Lipinski definition) is 3.